The molecule has 96 valence electrons. The number of nitrogens with zero attached hydrogens (tertiary/aromatic N) is 3. The molecule has 0 unspecified atom stereocenters. The standard InChI is InChI=1S/C12H14FIN4/c1-8(2)16-5-9-3-4-15-12(11(9)13)18-7-10(14)6-17-18/h3-4,6-8,16H,5H2,1-2H3. The third kappa shape index (κ3) is 3.05. The van der Waals surface area contributed by atoms with E-state index in [9.17, 15) is 4.39 Å². The highest BCUT2D eigenvalue weighted by atomic mass is 127. The summed E-state index contributed by atoms with van der Waals surface area (Å²) in [6, 6.07) is 1.99. The fourth-order valence-electron chi connectivity index (χ4n) is 1.50. The van der Waals surface area contributed by atoms with E-state index in [4.69, 9.17) is 0 Å². The van der Waals surface area contributed by atoms with Gasteiger partial charge >= 0.3 is 0 Å². The van der Waals surface area contributed by atoms with Crippen LogP contribution in [0.3, 0.4) is 0 Å². The zero-order valence-corrected chi connectivity index (χ0v) is 12.3. The lowest BCUT2D eigenvalue weighted by atomic mass is 10.2. The van der Waals surface area contributed by atoms with E-state index < -0.39 is 0 Å². The molecule has 0 atom stereocenters. The average Bonchev–Trinajstić information content (AvgIpc) is 2.74. The Morgan fingerprint density at radius 1 is 1.50 bits per heavy atom. The number of halogens is 2. The van der Waals surface area contributed by atoms with Gasteiger partial charge in [0, 0.05) is 30.5 Å². The first-order valence-electron chi connectivity index (χ1n) is 5.65. The quantitative estimate of drug-likeness (QED) is 0.853. The summed E-state index contributed by atoms with van der Waals surface area (Å²) in [6.45, 7) is 4.53. The summed E-state index contributed by atoms with van der Waals surface area (Å²) in [6.07, 6.45) is 5.01. The Bertz CT molecular complexity index is 539. The maximum atomic E-state index is 14.3. The zero-order chi connectivity index (χ0) is 13.1. The summed E-state index contributed by atoms with van der Waals surface area (Å²) in [4.78, 5) is 4.04. The van der Waals surface area contributed by atoms with Crippen molar-refractivity contribution in [3.8, 4) is 5.82 Å². The van der Waals surface area contributed by atoms with Gasteiger partial charge in [0.05, 0.1) is 9.77 Å². The second kappa shape index (κ2) is 5.75. The third-order valence-electron chi connectivity index (χ3n) is 2.42. The molecule has 2 aromatic heterocycles. The first-order chi connectivity index (χ1) is 8.58. The van der Waals surface area contributed by atoms with Crippen molar-refractivity contribution in [3.05, 3.63) is 39.6 Å². The fraction of sp³-hybridized carbons (Fsp3) is 0.333. The van der Waals surface area contributed by atoms with Crippen molar-refractivity contribution in [1.82, 2.24) is 20.1 Å². The predicted octanol–water partition coefficient (Wildman–Crippen LogP) is 2.51. The fourth-order valence-corrected chi connectivity index (χ4v) is 1.89. The smallest absolute Gasteiger partial charge is 0.190 e. The van der Waals surface area contributed by atoms with Crippen LogP contribution in [0.1, 0.15) is 19.4 Å². The van der Waals surface area contributed by atoms with Crippen molar-refractivity contribution in [1.29, 1.82) is 0 Å². The Kier molecular flexibility index (Phi) is 4.28. The molecule has 6 heteroatoms. The average molecular weight is 360 g/mol. The first kappa shape index (κ1) is 13.4. The molecule has 0 saturated carbocycles. The molecule has 0 aromatic carbocycles. The van der Waals surface area contributed by atoms with Gasteiger partial charge in [0.25, 0.3) is 0 Å². The third-order valence-corrected chi connectivity index (χ3v) is 2.98. The maximum Gasteiger partial charge on any atom is 0.190 e. The highest BCUT2D eigenvalue weighted by molar-refractivity contribution is 14.1. The minimum absolute atomic E-state index is 0.237. The molecule has 18 heavy (non-hydrogen) atoms. The SMILES string of the molecule is CC(C)NCc1ccnc(-n2cc(I)cn2)c1F. The molecule has 0 amide bonds. The van der Waals surface area contributed by atoms with E-state index in [1.54, 1.807) is 24.7 Å². The lowest BCUT2D eigenvalue weighted by molar-refractivity contribution is 0.542. The number of rotatable bonds is 4. The molecular formula is C12H14FIN4. The molecule has 2 aromatic rings. The highest BCUT2D eigenvalue weighted by Crippen LogP contribution is 2.15. The van der Waals surface area contributed by atoms with Crippen LogP contribution in [0.4, 0.5) is 4.39 Å². The summed E-state index contributed by atoms with van der Waals surface area (Å²) < 4.78 is 16.7. The molecule has 2 heterocycles. The largest absolute Gasteiger partial charge is 0.310 e. The van der Waals surface area contributed by atoms with Crippen LogP contribution in [-0.4, -0.2) is 20.8 Å². The molecule has 0 bridgehead atoms. The van der Waals surface area contributed by atoms with Gasteiger partial charge in [-0.3, -0.25) is 0 Å². The second-order valence-electron chi connectivity index (χ2n) is 4.25. The van der Waals surface area contributed by atoms with Crippen LogP contribution in [-0.2, 0) is 6.54 Å². The van der Waals surface area contributed by atoms with Crippen molar-refractivity contribution in [2.45, 2.75) is 26.4 Å². The Morgan fingerprint density at radius 2 is 2.28 bits per heavy atom. The second-order valence-corrected chi connectivity index (χ2v) is 5.49. The van der Waals surface area contributed by atoms with E-state index in [2.05, 4.69) is 38.0 Å². The van der Waals surface area contributed by atoms with Gasteiger partial charge in [-0.2, -0.15) is 5.10 Å². The Morgan fingerprint density at radius 3 is 2.89 bits per heavy atom. The minimum Gasteiger partial charge on any atom is -0.310 e. The van der Waals surface area contributed by atoms with Crippen molar-refractivity contribution in [3.63, 3.8) is 0 Å². The van der Waals surface area contributed by atoms with Crippen LogP contribution >= 0.6 is 22.6 Å². The van der Waals surface area contributed by atoms with Gasteiger partial charge in [0.15, 0.2) is 11.6 Å². The molecule has 4 nitrogen and oxygen atoms in total. The van der Waals surface area contributed by atoms with E-state index in [-0.39, 0.29) is 11.6 Å². The lowest BCUT2D eigenvalue weighted by Crippen LogP contribution is -2.23. The summed E-state index contributed by atoms with van der Waals surface area (Å²) in [5.41, 5.74) is 0.596. The number of hydrogen-bond acceptors (Lipinski definition) is 3. The Hall–Kier alpha value is -1.02. The van der Waals surface area contributed by atoms with Crippen LogP contribution in [0.15, 0.2) is 24.7 Å². The topological polar surface area (TPSA) is 42.7 Å². The molecule has 0 aliphatic rings. The Labute approximate surface area is 119 Å². The summed E-state index contributed by atoms with van der Waals surface area (Å²) >= 11 is 2.13. The summed E-state index contributed by atoms with van der Waals surface area (Å²) in [7, 11) is 0. The van der Waals surface area contributed by atoms with E-state index in [1.165, 1.54) is 4.68 Å². The maximum absolute atomic E-state index is 14.3. The van der Waals surface area contributed by atoms with Crippen molar-refractivity contribution >= 4 is 22.6 Å². The van der Waals surface area contributed by atoms with Gasteiger partial charge in [-0.1, -0.05) is 13.8 Å². The monoisotopic (exact) mass is 360 g/mol. The van der Waals surface area contributed by atoms with Crippen LogP contribution in [0.5, 0.6) is 0 Å². The van der Waals surface area contributed by atoms with Crippen molar-refractivity contribution < 1.29 is 4.39 Å². The van der Waals surface area contributed by atoms with Gasteiger partial charge in [0.2, 0.25) is 0 Å². The van der Waals surface area contributed by atoms with Crippen molar-refractivity contribution in [2.24, 2.45) is 0 Å². The van der Waals surface area contributed by atoms with E-state index in [1.807, 2.05) is 13.8 Å². The lowest BCUT2D eigenvalue weighted by Gasteiger charge is -2.10. The summed E-state index contributed by atoms with van der Waals surface area (Å²) in [5.74, 6) is -0.0916. The van der Waals surface area contributed by atoms with Gasteiger partial charge in [-0.05, 0) is 28.7 Å². The van der Waals surface area contributed by atoms with Gasteiger partial charge in [0.1, 0.15) is 0 Å². The Balaban J connectivity index is 2.30. The number of pyridine rings is 1. The van der Waals surface area contributed by atoms with Crippen LogP contribution in [0.25, 0.3) is 5.82 Å². The molecule has 2 rings (SSSR count). The van der Waals surface area contributed by atoms with E-state index in [0.717, 1.165) is 3.57 Å². The van der Waals surface area contributed by atoms with E-state index >= 15 is 0 Å². The number of hydrogen-bond donors (Lipinski definition) is 1. The molecule has 0 spiro atoms. The molecule has 0 fully saturated rings. The predicted molar refractivity (Wildman–Crippen MR) is 76.0 cm³/mol. The zero-order valence-electron chi connectivity index (χ0n) is 10.2. The van der Waals surface area contributed by atoms with Crippen LogP contribution in [0.2, 0.25) is 0 Å². The van der Waals surface area contributed by atoms with E-state index in [0.29, 0.717) is 18.2 Å². The van der Waals surface area contributed by atoms with Gasteiger partial charge in [-0.25, -0.2) is 14.1 Å². The van der Waals surface area contributed by atoms with Crippen molar-refractivity contribution in [2.75, 3.05) is 0 Å². The van der Waals surface area contributed by atoms with Gasteiger partial charge in [-0.15, -0.1) is 0 Å². The number of aromatic nitrogens is 3. The highest BCUT2D eigenvalue weighted by Gasteiger charge is 2.12. The van der Waals surface area contributed by atoms with Crippen LogP contribution in [0, 0.1) is 9.39 Å². The molecular weight excluding hydrogens is 346 g/mol. The molecule has 0 aliphatic carbocycles. The summed E-state index contributed by atoms with van der Waals surface area (Å²) in [5, 5.41) is 7.26. The molecule has 0 aliphatic heterocycles. The van der Waals surface area contributed by atoms with Crippen LogP contribution < -0.4 is 5.32 Å². The number of nitrogens with one attached hydrogen (secondary N) is 1. The molecule has 1 N–H and O–H groups in total. The molecule has 0 saturated heterocycles. The first-order valence-corrected chi connectivity index (χ1v) is 6.73. The molecule has 0 radical (unpaired) electrons. The minimum atomic E-state index is -0.329. The van der Waals surface area contributed by atoms with Gasteiger partial charge < -0.3 is 5.32 Å². The normalized spacial score (nSPS) is 11.2.